The van der Waals surface area contributed by atoms with E-state index in [1.807, 2.05) is 42.2 Å². The van der Waals surface area contributed by atoms with Crippen molar-refractivity contribution < 1.29 is 9.53 Å². The third-order valence-electron chi connectivity index (χ3n) is 5.11. The molecular formula is C22H24N4O2. The molecule has 0 radical (unpaired) electrons. The van der Waals surface area contributed by atoms with Crippen molar-refractivity contribution in [2.75, 3.05) is 38.2 Å². The van der Waals surface area contributed by atoms with E-state index in [4.69, 9.17) is 9.72 Å². The van der Waals surface area contributed by atoms with Crippen LogP contribution in [0, 0.1) is 6.92 Å². The van der Waals surface area contributed by atoms with Crippen LogP contribution in [-0.2, 0) is 0 Å². The molecule has 1 aliphatic heterocycles. The number of benzene rings is 1. The van der Waals surface area contributed by atoms with Crippen molar-refractivity contribution in [3.63, 3.8) is 0 Å². The highest BCUT2D eigenvalue weighted by Crippen LogP contribution is 2.23. The molecule has 0 unspecified atom stereocenters. The van der Waals surface area contributed by atoms with Gasteiger partial charge in [-0.05, 0) is 55.3 Å². The number of methoxy groups -OCH3 is 1. The Balaban J connectivity index is 1.49. The Morgan fingerprint density at radius 1 is 1.04 bits per heavy atom. The van der Waals surface area contributed by atoms with Crippen LogP contribution < -0.4 is 9.64 Å². The van der Waals surface area contributed by atoms with Crippen LogP contribution in [0.1, 0.15) is 22.3 Å². The zero-order valence-electron chi connectivity index (χ0n) is 16.3. The lowest BCUT2D eigenvalue weighted by Gasteiger charge is -2.23. The molecule has 28 heavy (non-hydrogen) atoms. The second kappa shape index (κ2) is 7.84. The molecule has 3 aromatic rings. The lowest BCUT2D eigenvalue weighted by molar-refractivity contribution is 0.0766. The summed E-state index contributed by atoms with van der Waals surface area (Å²) < 4.78 is 5.28. The van der Waals surface area contributed by atoms with E-state index in [2.05, 4.69) is 16.0 Å². The predicted octanol–water partition coefficient (Wildman–Crippen LogP) is 3.30. The van der Waals surface area contributed by atoms with Gasteiger partial charge in [0.15, 0.2) is 0 Å². The van der Waals surface area contributed by atoms with Crippen LogP contribution in [0.25, 0.3) is 10.9 Å². The number of hydrogen-bond acceptors (Lipinski definition) is 5. The lowest BCUT2D eigenvalue weighted by atomic mass is 10.2. The van der Waals surface area contributed by atoms with Crippen LogP contribution in [0.15, 0.2) is 48.8 Å². The summed E-state index contributed by atoms with van der Waals surface area (Å²) in [5.74, 6) is 1.83. The highest BCUT2D eigenvalue weighted by atomic mass is 16.5. The molecule has 0 saturated carbocycles. The first-order chi connectivity index (χ1) is 13.6. The van der Waals surface area contributed by atoms with Gasteiger partial charge >= 0.3 is 0 Å². The van der Waals surface area contributed by atoms with Crippen molar-refractivity contribution in [1.29, 1.82) is 0 Å². The molecule has 2 aromatic heterocycles. The Bertz CT molecular complexity index is 1000. The average molecular weight is 376 g/mol. The monoisotopic (exact) mass is 376 g/mol. The van der Waals surface area contributed by atoms with Gasteiger partial charge in [0, 0.05) is 44.0 Å². The summed E-state index contributed by atoms with van der Waals surface area (Å²) in [4.78, 5) is 26.0. The molecule has 4 rings (SSSR count). The Morgan fingerprint density at radius 2 is 1.93 bits per heavy atom. The number of rotatable bonds is 3. The number of amides is 1. The topological polar surface area (TPSA) is 58.6 Å². The molecule has 0 bridgehead atoms. The first-order valence-corrected chi connectivity index (χ1v) is 9.55. The zero-order chi connectivity index (χ0) is 19.5. The minimum atomic E-state index is 0.0524. The highest BCUT2D eigenvalue weighted by Gasteiger charge is 2.21. The van der Waals surface area contributed by atoms with Crippen LogP contribution >= 0.6 is 0 Å². The summed E-state index contributed by atoms with van der Waals surface area (Å²) in [5, 5.41) is 1.06. The molecule has 3 heterocycles. The van der Waals surface area contributed by atoms with E-state index in [0.717, 1.165) is 54.1 Å². The van der Waals surface area contributed by atoms with Crippen molar-refractivity contribution in [3.05, 3.63) is 59.9 Å². The fourth-order valence-corrected chi connectivity index (χ4v) is 3.60. The SMILES string of the molecule is COc1ccc2nc(N3CCCN(C(=O)c4cncc(C)c4)CC3)ccc2c1. The number of pyridine rings is 2. The minimum absolute atomic E-state index is 0.0524. The first-order valence-electron chi connectivity index (χ1n) is 9.55. The number of nitrogens with zero attached hydrogens (tertiary/aromatic N) is 4. The van der Waals surface area contributed by atoms with Crippen molar-refractivity contribution in [2.45, 2.75) is 13.3 Å². The zero-order valence-corrected chi connectivity index (χ0v) is 16.3. The van der Waals surface area contributed by atoms with E-state index in [0.29, 0.717) is 12.1 Å². The van der Waals surface area contributed by atoms with E-state index in [1.54, 1.807) is 19.5 Å². The number of carbonyl (C=O) groups is 1. The van der Waals surface area contributed by atoms with Crippen molar-refractivity contribution in [2.24, 2.45) is 0 Å². The number of ether oxygens (including phenoxy) is 1. The largest absolute Gasteiger partial charge is 0.497 e. The molecule has 1 saturated heterocycles. The molecule has 144 valence electrons. The molecule has 1 aliphatic rings. The third-order valence-corrected chi connectivity index (χ3v) is 5.11. The number of aromatic nitrogens is 2. The molecule has 0 atom stereocenters. The molecule has 1 amide bonds. The lowest BCUT2D eigenvalue weighted by Crippen LogP contribution is -2.35. The first kappa shape index (κ1) is 18.2. The van der Waals surface area contributed by atoms with E-state index in [-0.39, 0.29) is 5.91 Å². The second-order valence-electron chi connectivity index (χ2n) is 7.11. The normalized spacial score (nSPS) is 14.8. The maximum Gasteiger partial charge on any atom is 0.255 e. The van der Waals surface area contributed by atoms with Gasteiger partial charge in [0.1, 0.15) is 11.6 Å². The Hall–Kier alpha value is -3.15. The summed E-state index contributed by atoms with van der Waals surface area (Å²) in [7, 11) is 1.67. The van der Waals surface area contributed by atoms with Crippen LogP contribution in [0.2, 0.25) is 0 Å². The van der Waals surface area contributed by atoms with Gasteiger partial charge in [-0.3, -0.25) is 9.78 Å². The smallest absolute Gasteiger partial charge is 0.255 e. The Morgan fingerprint density at radius 3 is 2.75 bits per heavy atom. The summed E-state index contributed by atoms with van der Waals surface area (Å²) in [6.07, 6.45) is 4.33. The number of fused-ring (bicyclic) bond motifs is 1. The van der Waals surface area contributed by atoms with Gasteiger partial charge in [0.05, 0.1) is 18.2 Å². The van der Waals surface area contributed by atoms with Gasteiger partial charge in [0.2, 0.25) is 0 Å². The second-order valence-corrected chi connectivity index (χ2v) is 7.11. The average Bonchev–Trinajstić information content (AvgIpc) is 2.98. The Labute approximate surface area is 164 Å². The van der Waals surface area contributed by atoms with Crippen molar-refractivity contribution in [1.82, 2.24) is 14.9 Å². The van der Waals surface area contributed by atoms with Crippen molar-refractivity contribution >= 4 is 22.6 Å². The quantitative estimate of drug-likeness (QED) is 0.702. The summed E-state index contributed by atoms with van der Waals surface area (Å²) in [5.41, 5.74) is 2.60. The maximum absolute atomic E-state index is 12.8. The minimum Gasteiger partial charge on any atom is -0.497 e. The van der Waals surface area contributed by atoms with Gasteiger partial charge in [-0.1, -0.05) is 0 Å². The molecule has 1 fully saturated rings. The van der Waals surface area contributed by atoms with Crippen LogP contribution in [0.5, 0.6) is 5.75 Å². The van der Waals surface area contributed by atoms with E-state index >= 15 is 0 Å². The number of aryl methyl sites for hydroxylation is 1. The third kappa shape index (κ3) is 3.76. The van der Waals surface area contributed by atoms with Gasteiger partial charge in [-0.2, -0.15) is 0 Å². The Kier molecular flexibility index (Phi) is 5.10. The fraction of sp³-hybridized carbons (Fsp3) is 0.318. The van der Waals surface area contributed by atoms with E-state index < -0.39 is 0 Å². The van der Waals surface area contributed by atoms with E-state index in [1.165, 1.54) is 0 Å². The van der Waals surface area contributed by atoms with Crippen LogP contribution in [-0.4, -0.2) is 54.1 Å². The van der Waals surface area contributed by atoms with Gasteiger partial charge in [0.25, 0.3) is 5.91 Å². The van der Waals surface area contributed by atoms with Crippen LogP contribution in [0.3, 0.4) is 0 Å². The fourth-order valence-electron chi connectivity index (χ4n) is 3.60. The number of carbonyl (C=O) groups excluding carboxylic acids is 1. The molecular weight excluding hydrogens is 352 g/mol. The number of hydrogen-bond donors (Lipinski definition) is 0. The van der Waals surface area contributed by atoms with E-state index in [9.17, 15) is 4.79 Å². The maximum atomic E-state index is 12.8. The van der Waals surface area contributed by atoms with Crippen molar-refractivity contribution in [3.8, 4) is 5.75 Å². The standard InChI is InChI=1S/C22H24N4O2/c1-16-12-18(15-23-14-16)22(27)26-9-3-8-25(10-11-26)21-7-4-17-13-19(28-2)5-6-20(17)24-21/h4-7,12-15H,3,8-11H2,1-2H3. The molecule has 6 heteroatoms. The predicted molar refractivity (Wildman–Crippen MR) is 110 cm³/mol. The summed E-state index contributed by atoms with van der Waals surface area (Å²) in [6, 6.07) is 11.9. The van der Waals surface area contributed by atoms with Gasteiger partial charge < -0.3 is 14.5 Å². The molecule has 6 nitrogen and oxygen atoms in total. The highest BCUT2D eigenvalue weighted by molar-refractivity contribution is 5.94. The summed E-state index contributed by atoms with van der Waals surface area (Å²) in [6.45, 7) is 5.02. The summed E-state index contributed by atoms with van der Waals surface area (Å²) >= 11 is 0. The molecule has 1 aromatic carbocycles. The number of anilines is 1. The molecule has 0 spiro atoms. The van der Waals surface area contributed by atoms with Crippen LogP contribution in [0.4, 0.5) is 5.82 Å². The molecule has 0 N–H and O–H groups in total. The van der Waals surface area contributed by atoms with Gasteiger partial charge in [-0.25, -0.2) is 4.98 Å². The molecule has 0 aliphatic carbocycles. The van der Waals surface area contributed by atoms with Gasteiger partial charge in [-0.15, -0.1) is 0 Å².